The molecule has 6 heteroatoms. The Bertz CT molecular complexity index is 251. The average molecular weight is 288 g/mol. The molecule has 0 heterocycles. The fourth-order valence-corrected chi connectivity index (χ4v) is 2.16. The topological polar surface area (TPSA) is 66.4 Å². The van der Waals surface area contributed by atoms with E-state index in [9.17, 15) is 8.42 Å². The van der Waals surface area contributed by atoms with Crippen molar-refractivity contribution in [2.45, 2.75) is 26.7 Å². The molecule has 4 nitrogen and oxygen atoms in total. The quantitative estimate of drug-likeness (QED) is 0.688. The van der Waals surface area contributed by atoms with Gasteiger partial charge in [0.1, 0.15) is 4.66 Å². The number of sulfonamides is 1. The van der Waals surface area contributed by atoms with Crippen LogP contribution in [0.15, 0.2) is 0 Å². The van der Waals surface area contributed by atoms with Crippen LogP contribution in [-0.4, -0.2) is 31.3 Å². The van der Waals surface area contributed by atoms with Crippen molar-refractivity contribution in [1.29, 1.82) is 0 Å². The molecule has 0 radical (unpaired) electrons. The fourth-order valence-electron chi connectivity index (χ4n) is 0.990. The average Bonchev–Trinajstić information content (AvgIpc) is 2.12. The number of nitrogens with one attached hydrogen (secondary N) is 1. The molecule has 86 valence electrons. The summed E-state index contributed by atoms with van der Waals surface area (Å²) in [5, 5.41) is 8.66. The molecule has 0 rings (SSSR count). The van der Waals surface area contributed by atoms with Gasteiger partial charge < -0.3 is 5.11 Å². The zero-order valence-electron chi connectivity index (χ0n) is 8.59. The van der Waals surface area contributed by atoms with Gasteiger partial charge in [0.25, 0.3) is 0 Å². The largest absolute Gasteiger partial charge is 0.396 e. The Hall–Kier alpha value is 0.350. The van der Waals surface area contributed by atoms with Crippen molar-refractivity contribution in [3.63, 3.8) is 0 Å². The monoisotopic (exact) mass is 287 g/mol. The fraction of sp³-hybridized carbons (Fsp3) is 1.00. The van der Waals surface area contributed by atoms with Crippen molar-refractivity contribution in [3.05, 3.63) is 0 Å². The van der Waals surface area contributed by atoms with Crippen molar-refractivity contribution >= 4 is 26.0 Å². The van der Waals surface area contributed by atoms with Gasteiger partial charge in [0, 0.05) is 13.2 Å². The second-order valence-corrected chi connectivity index (χ2v) is 7.15. The molecule has 0 aliphatic heterocycles. The molecule has 14 heavy (non-hydrogen) atoms. The molecular weight excluding hydrogens is 270 g/mol. The molecule has 2 N–H and O–H groups in total. The molecule has 0 amide bonds. The number of rotatable bonds is 7. The predicted molar refractivity (Wildman–Crippen MR) is 60.8 cm³/mol. The van der Waals surface area contributed by atoms with E-state index in [0.29, 0.717) is 13.0 Å². The summed E-state index contributed by atoms with van der Waals surface area (Å²) < 4.78 is 24.7. The van der Waals surface area contributed by atoms with Gasteiger partial charge in [0.2, 0.25) is 10.0 Å². The van der Waals surface area contributed by atoms with Gasteiger partial charge in [-0.1, -0.05) is 29.8 Å². The predicted octanol–water partition coefficient (Wildman–Crippen LogP) is 1.06. The van der Waals surface area contributed by atoms with Crippen molar-refractivity contribution in [3.8, 4) is 0 Å². The van der Waals surface area contributed by atoms with Gasteiger partial charge in [-0.2, -0.15) is 0 Å². The van der Waals surface area contributed by atoms with E-state index in [2.05, 4.69) is 20.7 Å². The van der Waals surface area contributed by atoms with Crippen molar-refractivity contribution in [2.75, 3.05) is 17.8 Å². The summed E-state index contributed by atoms with van der Waals surface area (Å²) in [5.74, 6) is 0. The van der Waals surface area contributed by atoms with E-state index in [1.807, 2.05) is 13.8 Å². The lowest BCUT2D eigenvalue weighted by Gasteiger charge is -2.24. The van der Waals surface area contributed by atoms with Gasteiger partial charge in [-0.05, 0) is 18.3 Å². The first-order valence-corrected chi connectivity index (χ1v) is 7.24. The second kappa shape index (κ2) is 6.05. The van der Waals surface area contributed by atoms with Crippen LogP contribution >= 0.6 is 15.9 Å². The Morgan fingerprint density at radius 2 is 2.00 bits per heavy atom. The Balaban J connectivity index is 3.98. The molecule has 0 saturated carbocycles. The minimum absolute atomic E-state index is 0.0733. The molecule has 0 saturated heterocycles. The maximum atomic E-state index is 11.1. The molecule has 0 atom stereocenters. The summed E-state index contributed by atoms with van der Waals surface area (Å²) in [6.45, 7) is 4.49. The molecule has 0 unspecified atom stereocenters. The summed E-state index contributed by atoms with van der Waals surface area (Å²) in [6.07, 6.45) is 1.50. The zero-order chi connectivity index (χ0) is 11.2. The number of alkyl halides is 1. The minimum atomic E-state index is -3.17. The summed E-state index contributed by atoms with van der Waals surface area (Å²) in [6, 6.07) is 0. The third-order valence-electron chi connectivity index (χ3n) is 1.93. The van der Waals surface area contributed by atoms with Crippen LogP contribution in [0.2, 0.25) is 0 Å². The molecule has 0 aromatic carbocycles. The third kappa shape index (κ3) is 6.75. The number of aliphatic hydroxyl groups is 1. The summed E-state index contributed by atoms with van der Waals surface area (Å²) in [5.41, 5.74) is -0.113. The van der Waals surface area contributed by atoms with Gasteiger partial charge >= 0.3 is 0 Å². The van der Waals surface area contributed by atoms with Crippen LogP contribution in [0, 0.1) is 5.41 Å². The van der Waals surface area contributed by atoms with E-state index in [0.717, 1.165) is 6.42 Å². The molecule has 0 aliphatic rings. The van der Waals surface area contributed by atoms with E-state index >= 15 is 0 Å². The van der Waals surface area contributed by atoms with Crippen molar-refractivity contribution in [2.24, 2.45) is 5.41 Å². The van der Waals surface area contributed by atoms with E-state index in [1.54, 1.807) is 0 Å². The van der Waals surface area contributed by atoms with Crippen LogP contribution in [0.5, 0.6) is 0 Å². The minimum Gasteiger partial charge on any atom is -0.396 e. The van der Waals surface area contributed by atoms with E-state index in [4.69, 9.17) is 5.11 Å². The molecule has 0 aliphatic carbocycles. The van der Waals surface area contributed by atoms with Gasteiger partial charge in [0.15, 0.2) is 0 Å². The highest BCUT2D eigenvalue weighted by Gasteiger charge is 2.19. The summed E-state index contributed by atoms with van der Waals surface area (Å²) in [7, 11) is -3.17. The van der Waals surface area contributed by atoms with Crippen LogP contribution in [0.1, 0.15) is 26.7 Å². The first-order valence-electron chi connectivity index (χ1n) is 4.47. The lowest BCUT2D eigenvalue weighted by Crippen LogP contribution is -2.34. The molecule has 0 fully saturated rings. The molecule has 0 bridgehead atoms. The van der Waals surface area contributed by atoms with Gasteiger partial charge in [0.05, 0.1) is 0 Å². The van der Waals surface area contributed by atoms with Crippen LogP contribution in [0.4, 0.5) is 0 Å². The first kappa shape index (κ1) is 14.3. The zero-order valence-corrected chi connectivity index (χ0v) is 11.0. The Labute approximate surface area is 94.3 Å². The highest BCUT2D eigenvalue weighted by atomic mass is 79.9. The summed E-state index contributed by atoms with van der Waals surface area (Å²) in [4.78, 5) is 0. The van der Waals surface area contributed by atoms with Gasteiger partial charge in [-0.15, -0.1) is 0 Å². The summed E-state index contributed by atoms with van der Waals surface area (Å²) >= 11 is 2.90. The molecule has 0 aromatic heterocycles. The smallest absolute Gasteiger partial charge is 0.221 e. The number of halogens is 1. The molecule has 0 spiro atoms. The SMILES string of the molecule is CC(C)(CCCO)CNS(=O)(=O)CBr. The Morgan fingerprint density at radius 3 is 2.43 bits per heavy atom. The van der Waals surface area contributed by atoms with E-state index in [1.165, 1.54) is 0 Å². The van der Waals surface area contributed by atoms with Crippen LogP contribution < -0.4 is 4.72 Å². The van der Waals surface area contributed by atoms with Gasteiger partial charge in [-0.25, -0.2) is 13.1 Å². The van der Waals surface area contributed by atoms with E-state index < -0.39 is 10.0 Å². The van der Waals surface area contributed by atoms with Crippen LogP contribution in [-0.2, 0) is 10.0 Å². The highest BCUT2D eigenvalue weighted by Crippen LogP contribution is 2.21. The number of aliphatic hydroxyl groups excluding tert-OH is 1. The van der Waals surface area contributed by atoms with Gasteiger partial charge in [-0.3, -0.25) is 0 Å². The first-order chi connectivity index (χ1) is 6.33. The second-order valence-electron chi connectivity index (χ2n) is 4.04. The Kier molecular flexibility index (Phi) is 6.20. The standard InChI is InChI=1S/C8H18BrNO3S/c1-8(2,4-3-5-11)6-10-14(12,13)7-9/h10-11H,3-7H2,1-2H3. The van der Waals surface area contributed by atoms with Crippen LogP contribution in [0.25, 0.3) is 0 Å². The normalized spacial score (nSPS) is 13.1. The lowest BCUT2D eigenvalue weighted by atomic mass is 9.88. The Morgan fingerprint density at radius 1 is 1.43 bits per heavy atom. The maximum Gasteiger partial charge on any atom is 0.221 e. The van der Waals surface area contributed by atoms with Crippen molar-refractivity contribution in [1.82, 2.24) is 4.72 Å². The molecule has 0 aromatic rings. The lowest BCUT2D eigenvalue weighted by molar-refractivity contribution is 0.242. The maximum absolute atomic E-state index is 11.1. The number of hydrogen-bond donors (Lipinski definition) is 2. The highest BCUT2D eigenvalue weighted by molar-refractivity contribution is 9.10. The third-order valence-corrected chi connectivity index (χ3v) is 4.61. The van der Waals surface area contributed by atoms with E-state index in [-0.39, 0.29) is 16.7 Å². The van der Waals surface area contributed by atoms with Crippen LogP contribution in [0.3, 0.4) is 0 Å². The molecular formula is C8H18BrNO3S. The van der Waals surface area contributed by atoms with Crippen molar-refractivity contribution < 1.29 is 13.5 Å². The number of hydrogen-bond acceptors (Lipinski definition) is 3.